The first-order valence-corrected chi connectivity index (χ1v) is 10.00. The Morgan fingerprint density at radius 3 is 2.44 bits per heavy atom. The van der Waals surface area contributed by atoms with Gasteiger partial charge in [0.2, 0.25) is 5.91 Å². The molecule has 0 aliphatic carbocycles. The van der Waals surface area contributed by atoms with Gasteiger partial charge in [-0.2, -0.15) is 5.10 Å². The molecule has 0 saturated carbocycles. The molecule has 2 aliphatic rings. The number of methoxy groups -OCH3 is 1. The lowest BCUT2D eigenvalue weighted by Gasteiger charge is -2.29. The third-order valence-corrected chi connectivity index (χ3v) is 5.29. The van der Waals surface area contributed by atoms with E-state index in [0.717, 1.165) is 9.58 Å². The third-order valence-electron chi connectivity index (χ3n) is 5.29. The highest BCUT2D eigenvalue weighted by Gasteiger charge is 2.34. The molecule has 9 nitrogen and oxygen atoms in total. The SMILES string of the molecule is [2H]c1c([2H])c(N2C(=O)CC([2H])([2H])C([2H])([2H])C2([2H])[2H])c([2H])c([2H])c1N1CCc2c(C(N)=O)nn(-c3ccc(OC([2H])([2H])[2H])cc3)c2C1=O. The van der Waals surface area contributed by atoms with Crippen molar-refractivity contribution in [2.75, 3.05) is 29.9 Å². The minimum atomic E-state index is -3.45. The van der Waals surface area contributed by atoms with Gasteiger partial charge in [0.25, 0.3) is 11.8 Å². The average Bonchev–Trinajstić information content (AvgIpc) is 3.34. The van der Waals surface area contributed by atoms with Crippen LogP contribution < -0.4 is 20.3 Å². The summed E-state index contributed by atoms with van der Waals surface area (Å²) in [6, 6.07) is 1.49. The van der Waals surface area contributed by atoms with Crippen LogP contribution in [0.3, 0.4) is 0 Å². The van der Waals surface area contributed by atoms with E-state index in [1.54, 1.807) is 0 Å². The molecule has 3 amide bonds. The summed E-state index contributed by atoms with van der Waals surface area (Å²) in [5, 5.41) is 4.17. The van der Waals surface area contributed by atoms with Crippen LogP contribution in [0.2, 0.25) is 0 Å². The van der Waals surface area contributed by atoms with Gasteiger partial charge >= 0.3 is 0 Å². The molecule has 3 aromatic rings. The number of carbonyl (C=O) groups is 3. The Hall–Kier alpha value is -4.14. The van der Waals surface area contributed by atoms with E-state index in [2.05, 4.69) is 5.10 Å². The fourth-order valence-electron chi connectivity index (χ4n) is 3.70. The summed E-state index contributed by atoms with van der Waals surface area (Å²) in [5.74, 6) is -3.26. The molecule has 2 N–H and O–H groups in total. The number of carbonyl (C=O) groups excluding carboxylic acids is 3. The van der Waals surface area contributed by atoms with Crippen molar-refractivity contribution in [1.29, 1.82) is 0 Å². The number of nitrogens with two attached hydrogens (primary N) is 1. The summed E-state index contributed by atoms with van der Waals surface area (Å²) in [6.07, 6.45) is -7.54. The zero-order chi connectivity index (χ0) is 35.2. The minimum absolute atomic E-state index is 0.0395. The number of rotatable bonds is 5. The van der Waals surface area contributed by atoms with Gasteiger partial charge in [0.15, 0.2) is 5.69 Å². The number of anilines is 2. The summed E-state index contributed by atoms with van der Waals surface area (Å²) in [5.41, 5.74) is 3.80. The van der Waals surface area contributed by atoms with Gasteiger partial charge in [-0.25, -0.2) is 4.68 Å². The lowest BCUT2D eigenvalue weighted by molar-refractivity contribution is -0.119. The Bertz CT molecular complexity index is 1810. The predicted molar refractivity (Wildman–Crippen MR) is 127 cm³/mol. The molecule has 5 rings (SSSR count). The summed E-state index contributed by atoms with van der Waals surface area (Å²) in [7, 11) is -2.74. The molecular weight excluding hydrogens is 434 g/mol. The van der Waals surface area contributed by atoms with E-state index >= 15 is 0 Å². The zero-order valence-corrected chi connectivity index (χ0v) is 17.4. The van der Waals surface area contributed by atoms with Gasteiger partial charge in [-0.05, 0) is 67.6 Å². The molecular formula is C25H25N5O4. The van der Waals surface area contributed by atoms with Crippen molar-refractivity contribution >= 4 is 29.1 Å². The Balaban J connectivity index is 1.62. The van der Waals surface area contributed by atoms with E-state index in [9.17, 15) is 14.4 Å². The van der Waals surface area contributed by atoms with Gasteiger partial charge in [0, 0.05) is 44.6 Å². The van der Waals surface area contributed by atoms with E-state index in [1.807, 2.05) is 0 Å². The summed E-state index contributed by atoms with van der Waals surface area (Å²) in [6.45, 7) is -3.74. The van der Waals surface area contributed by atoms with Crippen molar-refractivity contribution in [3.8, 4) is 11.4 Å². The van der Waals surface area contributed by atoms with Gasteiger partial charge in [0.1, 0.15) is 11.4 Å². The van der Waals surface area contributed by atoms with Crippen molar-refractivity contribution in [1.82, 2.24) is 9.78 Å². The Labute approximate surface area is 215 Å². The highest BCUT2D eigenvalue weighted by molar-refractivity contribution is 6.09. The first kappa shape index (κ1) is 11.3. The van der Waals surface area contributed by atoms with E-state index in [4.69, 9.17) is 28.3 Å². The number of ether oxygens (including phenoxy) is 1. The molecule has 1 saturated heterocycles. The van der Waals surface area contributed by atoms with Crippen molar-refractivity contribution in [2.24, 2.45) is 5.73 Å². The van der Waals surface area contributed by atoms with Crippen LogP contribution in [0.15, 0.2) is 48.4 Å². The number of aromatic nitrogens is 2. The quantitative estimate of drug-likeness (QED) is 0.614. The topological polar surface area (TPSA) is 111 Å². The number of fused-ring (bicyclic) bond motifs is 1. The molecule has 34 heavy (non-hydrogen) atoms. The molecule has 0 bridgehead atoms. The number of piperidine rings is 1. The molecule has 0 spiro atoms. The van der Waals surface area contributed by atoms with E-state index < -0.39 is 86.0 Å². The second kappa shape index (κ2) is 8.66. The van der Waals surface area contributed by atoms with Crippen LogP contribution in [0.25, 0.3) is 5.69 Å². The van der Waals surface area contributed by atoms with E-state index in [1.165, 1.54) is 24.3 Å². The van der Waals surface area contributed by atoms with Gasteiger partial charge in [0.05, 0.1) is 22.3 Å². The molecule has 2 aromatic carbocycles. The van der Waals surface area contributed by atoms with Crippen molar-refractivity contribution in [2.45, 2.75) is 25.6 Å². The standard InChI is InChI=1S/C25H25N5O4/c1-34-19-11-9-18(10-12-19)30-23-20(22(27-30)24(26)32)13-15-29(25(23)33)17-7-5-16(6-8-17)28-14-3-2-4-21(28)31/h5-12H,2-4,13-15H2,1H3,(H2,26,32)/i1D3,2D2,3D2,5D,6D,7D,8D,14D2. The lowest BCUT2D eigenvalue weighted by atomic mass is 10.0. The van der Waals surface area contributed by atoms with Crippen molar-refractivity contribution in [3.05, 3.63) is 65.4 Å². The average molecular weight is 473 g/mol. The number of hydrogen-bond donors (Lipinski definition) is 1. The summed E-state index contributed by atoms with van der Waals surface area (Å²) < 4.78 is 111. The van der Waals surface area contributed by atoms with Gasteiger partial charge in [-0.1, -0.05) is 0 Å². The fourth-order valence-corrected chi connectivity index (χ4v) is 3.70. The normalized spacial score (nSPS) is 26.3. The number of amides is 3. The maximum atomic E-state index is 14.0. The molecule has 0 unspecified atom stereocenters. The number of nitrogens with zero attached hydrogens (tertiary/aromatic N) is 4. The van der Waals surface area contributed by atoms with Crippen LogP contribution in [-0.4, -0.2) is 47.6 Å². The second-order valence-electron chi connectivity index (χ2n) is 7.27. The number of primary amides is 1. The van der Waals surface area contributed by atoms with Crippen LogP contribution in [0.1, 0.15) is 63.5 Å². The Morgan fingerprint density at radius 2 is 1.76 bits per heavy atom. The first-order valence-electron chi connectivity index (χ1n) is 16.5. The second-order valence-corrected chi connectivity index (χ2v) is 7.27. The van der Waals surface area contributed by atoms with Crippen LogP contribution in [0, 0.1) is 0 Å². The summed E-state index contributed by atoms with van der Waals surface area (Å²) >= 11 is 0. The largest absolute Gasteiger partial charge is 0.497 e. The number of benzene rings is 2. The maximum absolute atomic E-state index is 14.0. The Morgan fingerprint density at radius 1 is 1.06 bits per heavy atom. The smallest absolute Gasteiger partial charge is 0.277 e. The van der Waals surface area contributed by atoms with Crippen LogP contribution in [0.4, 0.5) is 11.4 Å². The van der Waals surface area contributed by atoms with Crippen molar-refractivity contribution in [3.63, 3.8) is 0 Å². The fraction of sp³-hybridized carbons (Fsp3) is 0.280. The maximum Gasteiger partial charge on any atom is 0.277 e. The van der Waals surface area contributed by atoms with Crippen LogP contribution in [-0.2, 0) is 11.2 Å². The van der Waals surface area contributed by atoms with E-state index in [-0.39, 0.29) is 46.3 Å². The predicted octanol–water partition coefficient (Wildman–Crippen LogP) is 2.70. The molecule has 0 radical (unpaired) electrons. The highest BCUT2D eigenvalue weighted by atomic mass is 16.5. The molecule has 1 aromatic heterocycles. The highest BCUT2D eigenvalue weighted by Crippen LogP contribution is 2.31. The monoisotopic (exact) mass is 472 g/mol. The third kappa shape index (κ3) is 3.68. The van der Waals surface area contributed by atoms with Crippen LogP contribution in [0.5, 0.6) is 5.75 Å². The molecule has 2 aliphatic heterocycles. The Kier molecular flexibility index (Phi) is 2.88. The first-order chi connectivity index (χ1) is 21.5. The van der Waals surface area contributed by atoms with Crippen LogP contribution >= 0.6 is 0 Å². The van der Waals surface area contributed by atoms with Crippen molar-refractivity contribution < 1.29 is 36.9 Å². The summed E-state index contributed by atoms with van der Waals surface area (Å²) in [4.78, 5) is 40.2. The van der Waals surface area contributed by atoms with Gasteiger partial charge in [-0.15, -0.1) is 0 Å². The number of hydrogen-bond acceptors (Lipinski definition) is 5. The molecule has 1 fully saturated rings. The molecule has 9 heteroatoms. The van der Waals surface area contributed by atoms with Gasteiger partial charge < -0.3 is 20.3 Å². The molecule has 174 valence electrons. The molecule has 0 atom stereocenters. The lowest BCUT2D eigenvalue weighted by Crippen LogP contribution is -2.39. The van der Waals surface area contributed by atoms with Gasteiger partial charge in [-0.3, -0.25) is 14.4 Å². The minimum Gasteiger partial charge on any atom is -0.497 e. The van der Waals surface area contributed by atoms with E-state index in [0.29, 0.717) is 0 Å². The zero-order valence-electron chi connectivity index (χ0n) is 30.4. The molecule has 3 heterocycles.